The lowest BCUT2D eigenvalue weighted by Crippen LogP contribution is -2.24. The van der Waals surface area contributed by atoms with Gasteiger partial charge in [-0.15, -0.1) is 0 Å². The molecule has 0 saturated carbocycles. The number of rotatable bonds is 6. The first-order valence-corrected chi connectivity index (χ1v) is 14.3. The maximum atomic E-state index is 12.0. The molecule has 8 nitrogen and oxygen atoms in total. The molecular formula is C27H36Cl2O8S. The first kappa shape index (κ1) is 33.9. The van der Waals surface area contributed by atoms with Crippen LogP contribution in [0.25, 0.3) is 0 Å². The standard InChI is InChI=1S/C14H19ClO5S.C13H17ClO3/c1-9(20-21(5,17)18)10-6-7-11(12(15)8-10)13(16)19-14(2,3)4;1-8(15)9-5-6-10(11(14)7-9)12(16)17-13(2,3)4/h6-9H,1-5H3;5-8,15H,1-4H3. The van der Waals surface area contributed by atoms with Crippen molar-refractivity contribution in [2.24, 2.45) is 0 Å². The van der Waals surface area contributed by atoms with Gasteiger partial charge < -0.3 is 14.6 Å². The van der Waals surface area contributed by atoms with Gasteiger partial charge in [0.2, 0.25) is 0 Å². The molecule has 0 saturated heterocycles. The monoisotopic (exact) mass is 590 g/mol. The highest BCUT2D eigenvalue weighted by molar-refractivity contribution is 7.86. The first-order valence-electron chi connectivity index (χ1n) is 11.7. The SMILES string of the molecule is CC(O)c1ccc(C(=O)OC(C)(C)C)c(Cl)c1.CC(OS(C)(=O)=O)c1ccc(C(=O)OC(C)(C)C)c(Cl)c1. The minimum Gasteiger partial charge on any atom is -0.456 e. The van der Waals surface area contributed by atoms with Crippen LogP contribution in [0.1, 0.15) is 99.4 Å². The summed E-state index contributed by atoms with van der Waals surface area (Å²) in [6.45, 7) is 13.9. The molecule has 0 amide bonds. The largest absolute Gasteiger partial charge is 0.456 e. The maximum Gasteiger partial charge on any atom is 0.340 e. The molecule has 0 aromatic heterocycles. The molecule has 212 valence electrons. The summed E-state index contributed by atoms with van der Waals surface area (Å²) < 4.78 is 37.5. The highest BCUT2D eigenvalue weighted by Crippen LogP contribution is 2.27. The Hall–Kier alpha value is -2.17. The van der Waals surface area contributed by atoms with E-state index in [1.165, 1.54) is 12.1 Å². The highest BCUT2D eigenvalue weighted by atomic mass is 35.5. The van der Waals surface area contributed by atoms with Crippen molar-refractivity contribution in [2.75, 3.05) is 6.26 Å². The number of hydrogen-bond acceptors (Lipinski definition) is 8. The van der Waals surface area contributed by atoms with Crippen molar-refractivity contribution in [1.29, 1.82) is 0 Å². The Kier molecular flexibility index (Phi) is 11.8. The molecule has 11 heteroatoms. The van der Waals surface area contributed by atoms with E-state index in [9.17, 15) is 23.1 Å². The van der Waals surface area contributed by atoms with Crippen LogP contribution in [0.5, 0.6) is 0 Å². The highest BCUT2D eigenvalue weighted by Gasteiger charge is 2.22. The van der Waals surface area contributed by atoms with E-state index >= 15 is 0 Å². The van der Waals surface area contributed by atoms with Gasteiger partial charge in [-0.1, -0.05) is 35.3 Å². The lowest BCUT2D eigenvalue weighted by Gasteiger charge is -2.20. The van der Waals surface area contributed by atoms with E-state index in [0.717, 1.165) is 6.26 Å². The zero-order chi connectivity index (χ0) is 29.6. The summed E-state index contributed by atoms with van der Waals surface area (Å²) in [6.07, 6.45) is -0.328. The zero-order valence-electron chi connectivity index (χ0n) is 23.1. The van der Waals surface area contributed by atoms with Crippen molar-refractivity contribution in [3.05, 3.63) is 68.7 Å². The Bertz CT molecular complexity index is 1240. The summed E-state index contributed by atoms with van der Waals surface area (Å²) in [6, 6.07) is 9.38. The number of carbonyl (C=O) groups is 2. The van der Waals surface area contributed by atoms with Gasteiger partial charge in [-0.05, 0) is 90.8 Å². The number of carbonyl (C=O) groups excluding carboxylic acids is 2. The van der Waals surface area contributed by atoms with Crippen LogP contribution in [-0.2, 0) is 23.8 Å². The summed E-state index contributed by atoms with van der Waals surface area (Å²) in [5.74, 6) is -0.990. The predicted molar refractivity (Wildman–Crippen MR) is 148 cm³/mol. The van der Waals surface area contributed by atoms with Crippen molar-refractivity contribution >= 4 is 45.3 Å². The van der Waals surface area contributed by atoms with Gasteiger partial charge in [0.25, 0.3) is 10.1 Å². The smallest absolute Gasteiger partial charge is 0.340 e. The molecule has 0 fully saturated rings. The molecule has 0 aliphatic carbocycles. The quantitative estimate of drug-likeness (QED) is 0.292. The Labute approximate surface area is 235 Å². The molecule has 2 unspecified atom stereocenters. The molecule has 0 aliphatic rings. The van der Waals surface area contributed by atoms with E-state index < -0.39 is 45.5 Å². The van der Waals surface area contributed by atoms with Crippen molar-refractivity contribution in [3.8, 4) is 0 Å². The predicted octanol–water partition coefficient (Wildman–Crippen LogP) is 6.68. The average Bonchev–Trinajstić information content (AvgIpc) is 2.70. The van der Waals surface area contributed by atoms with Crippen LogP contribution in [0.15, 0.2) is 36.4 Å². The minimum absolute atomic E-state index is 0.186. The molecule has 0 spiro atoms. The van der Waals surface area contributed by atoms with Crippen LogP contribution in [-0.4, -0.2) is 42.9 Å². The van der Waals surface area contributed by atoms with Crippen LogP contribution in [0.3, 0.4) is 0 Å². The molecule has 2 atom stereocenters. The van der Waals surface area contributed by atoms with Crippen LogP contribution in [0.4, 0.5) is 0 Å². The number of aliphatic hydroxyl groups excluding tert-OH is 1. The fraction of sp³-hybridized carbons (Fsp3) is 0.481. The van der Waals surface area contributed by atoms with Gasteiger partial charge in [0.1, 0.15) is 11.2 Å². The second-order valence-electron chi connectivity index (χ2n) is 10.6. The van der Waals surface area contributed by atoms with Crippen molar-refractivity contribution in [2.45, 2.75) is 78.8 Å². The summed E-state index contributed by atoms with van der Waals surface area (Å²) in [4.78, 5) is 23.8. The Morgan fingerprint density at radius 1 is 0.789 bits per heavy atom. The number of hydrogen-bond donors (Lipinski definition) is 1. The van der Waals surface area contributed by atoms with Gasteiger partial charge in [-0.3, -0.25) is 4.18 Å². The molecular weight excluding hydrogens is 555 g/mol. The summed E-state index contributed by atoms with van der Waals surface area (Å²) >= 11 is 12.0. The Morgan fingerprint density at radius 3 is 1.47 bits per heavy atom. The lowest BCUT2D eigenvalue weighted by atomic mass is 10.1. The molecule has 0 heterocycles. The molecule has 0 aliphatic heterocycles. The van der Waals surface area contributed by atoms with E-state index in [2.05, 4.69) is 0 Å². The molecule has 1 N–H and O–H groups in total. The molecule has 2 aromatic rings. The van der Waals surface area contributed by atoms with E-state index in [4.69, 9.17) is 36.9 Å². The third-order valence-corrected chi connectivity index (χ3v) is 5.76. The van der Waals surface area contributed by atoms with Crippen molar-refractivity contribution < 1.29 is 36.8 Å². The first-order chi connectivity index (χ1) is 17.1. The molecule has 38 heavy (non-hydrogen) atoms. The van der Waals surface area contributed by atoms with Gasteiger partial charge in [-0.2, -0.15) is 8.42 Å². The Morgan fingerprint density at radius 2 is 1.16 bits per heavy atom. The molecule has 2 aromatic carbocycles. The third kappa shape index (κ3) is 12.1. The van der Waals surface area contributed by atoms with Crippen LogP contribution in [0.2, 0.25) is 10.0 Å². The topological polar surface area (TPSA) is 116 Å². The Balaban J connectivity index is 0.000000389. The van der Waals surface area contributed by atoms with Crippen LogP contribution < -0.4 is 0 Å². The second-order valence-corrected chi connectivity index (χ2v) is 13.0. The van der Waals surface area contributed by atoms with Gasteiger partial charge in [0, 0.05) is 0 Å². The number of esters is 2. The van der Waals surface area contributed by atoms with Crippen molar-refractivity contribution in [3.63, 3.8) is 0 Å². The normalized spacial score (nSPS) is 13.6. The van der Waals surface area contributed by atoms with Gasteiger partial charge in [0.05, 0.1) is 39.6 Å². The van der Waals surface area contributed by atoms with Crippen molar-refractivity contribution in [1.82, 2.24) is 0 Å². The van der Waals surface area contributed by atoms with E-state index in [1.807, 2.05) is 0 Å². The number of aliphatic hydroxyl groups is 1. The molecule has 0 radical (unpaired) electrons. The van der Waals surface area contributed by atoms with Gasteiger partial charge in [0.15, 0.2) is 0 Å². The van der Waals surface area contributed by atoms with Gasteiger partial charge in [-0.25, -0.2) is 9.59 Å². The van der Waals surface area contributed by atoms with E-state index in [-0.39, 0.29) is 15.6 Å². The molecule has 0 bridgehead atoms. The fourth-order valence-electron chi connectivity index (χ4n) is 2.89. The van der Waals surface area contributed by atoms with E-state index in [0.29, 0.717) is 16.7 Å². The van der Waals surface area contributed by atoms with Gasteiger partial charge >= 0.3 is 11.9 Å². The fourth-order valence-corrected chi connectivity index (χ4v) is 4.06. The maximum absolute atomic E-state index is 12.0. The summed E-state index contributed by atoms with van der Waals surface area (Å²) in [7, 11) is -3.57. The zero-order valence-corrected chi connectivity index (χ0v) is 25.4. The second kappa shape index (κ2) is 13.3. The van der Waals surface area contributed by atoms with Crippen LogP contribution >= 0.6 is 23.2 Å². The lowest BCUT2D eigenvalue weighted by molar-refractivity contribution is 0.00571. The van der Waals surface area contributed by atoms with Crippen LogP contribution in [0, 0.1) is 0 Å². The average molecular weight is 592 g/mol. The van der Waals surface area contributed by atoms with E-state index in [1.54, 1.807) is 79.7 Å². The summed E-state index contributed by atoms with van der Waals surface area (Å²) in [5.41, 5.74) is 0.586. The summed E-state index contributed by atoms with van der Waals surface area (Å²) in [5, 5.41) is 9.86. The number of halogens is 2. The third-order valence-electron chi connectivity index (χ3n) is 4.49. The minimum atomic E-state index is -3.57. The number of ether oxygens (including phenoxy) is 2. The molecule has 2 rings (SSSR count). The number of benzene rings is 2.